The summed E-state index contributed by atoms with van der Waals surface area (Å²) in [4.78, 5) is 14.4. The smallest absolute Gasteiger partial charge is 0.312 e. The van der Waals surface area contributed by atoms with Crippen molar-refractivity contribution in [1.82, 2.24) is 4.98 Å². The van der Waals surface area contributed by atoms with E-state index in [0.29, 0.717) is 17.4 Å². The molecule has 7 heteroatoms. The van der Waals surface area contributed by atoms with Crippen LogP contribution in [0.4, 0.5) is 11.5 Å². The van der Waals surface area contributed by atoms with Crippen molar-refractivity contribution in [3.05, 3.63) is 51.0 Å². The summed E-state index contributed by atoms with van der Waals surface area (Å²) in [7, 11) is 0. The van der Waals surface area contributed by atoms with Gasteiger partial charge in [0.05, 0.1) is 11.2 Å². The van der Waals surface area contributed by atoms with Gasteiger partial charge >= 0.3 is 5.69 Å². The molecule has 2 heterocycles. The van der Waals surface area contributed by atoms with Crippen LogP contribution in [0.2, 0.25) is 0 Å². The summed E-state index contributed by atoms with van der Waals surface area (Å²) in [5.41, 5.74) is -0.0520. The van der Waals surface area contributed by atoms with E-state index in [4.69, 9.17) is 4.42 Å². The lowest BCUT2D eigenvalue weighted by atomic mass is 10.3. The molecule has 0 amide bonds. The van der Waals surface area contributed by atoms with E-state index in [1.54, 1.807) is 12.3 Å². The second kappa shape index (κ2) is 5.63. The molecule has 0 fully saturated rings. The summed E-state index contributed by atoms with van der Waals surface area (Å²) in [5, 5.41) is 13.8. The molecule has 1 N–H and O–H groups in total. The lowest BCUT2D eigenvalue weighted by Gasteiger charge is -2.05. The fourth-order valence-electron chi connectivity index (χ4n) is 1.46. The Bertz CT molecular complexity index is 542. The van der Waals surface area contributed by atoms with Crippen molar-refractivity contribution in [2.75, 3.05) is 11.9 Å². The second-order valence-electron chi connectivity index (χ2n) is 3.53. The van der Waals surface area contributed by atoms with Crippen LogP contribution in [0.15, 0.2) is 39.5 Å². The highest BCUT2D eigenvalue weighted by molar-refractivity contribution is 9.10. The van der Waals surface area contributed by atoms with E-state index >= 15 is 0 Å². The maximum Gasteiger partial charge on any atom is 0.312 e. The molecule has 0 unspecified atom stereocenters. The fraction of sp³-hybridized carbons (Fsp3) is 0.182. The van der Waals surface area contributed by atoms with Crippen molar-refractivity contribution < 1.29 is 9.34 Å². The van der Waals surface area contributed by atoms with E-state index in [2.05, 4.69) is 26.2 Å². The predicted molar refractivity (Wildman–Crippen MR) is 69.5 cm³/mol. The van der Waals surface area contributed by atoms with Crippen LogP contribution in [-0.4, -0.2) is 16.5 Å². The maximum atomic E-state index is 10.9. The first kappa shape index (κ1) is 12.6. The molecule has 0 bridgehead atoms. The summed E-state index contributed by atoms with van der Waals surface area (Å²) in [6, 6.07) is 5.07. The molecule has 94 valence electrons. The van der Waals surface area contributed by atoms with Gasteiger partial charge in [0.1, 0.15) is 5.76 Å². The lowest BCUT2D eigenvalue weighted by Crippen LogP contribution is -2.08. The molecule has 0 aromatic carbocycles. The van der Waals surface area contributed by atoms with E-state index in [0.717, 1.165) is 5.76 Å². The third-order valence-corrected chi connectivity index (χ3v) is 2.71. The molecule has 2 aromatic rings. The number of furan rings is 1. The number of rotatable bonds is 5. The Balaban J connectivity index is 2.02. The Morgan fingerprint density at radius 2 is 2.39 bits per heavy atom. The van der Waals surface area contributed by atoms with Crippen molar-refractivity contribution >= 4 is 27.4 Å². The third-order valence-electron chi connectivity index (χ3n) is 2.27. The number of hydrogen-bond acceptors (Lipinski definition) is 5. The van der Waals surface area contributed by atoms with Gasteiger partial charge in [-0.25, -0.2) is 4.98 Å². The van der Waals surface area contributed by atoms with Gasteiger partial charge in [-0.15, -0.1) is 0 Å². The molecule has 0 spiro atoms. The maximum absolute atomic E-state index is 10.9. The zero-order valence-corrected chi connectivity index (χ0v) is 10.9. The summed E-state index contributed by atoms with van der Waals surface area (Å²) in [6.45, 7) is 0.517. The number of hydrogen-bond donors (Lipinski definition) is 1. The van der Waals surface area contributed by atoms with Crippen LogP contribution in [-0.2, 0) is 6.42 Å². The SMILES string of the molecule is O=[N+]([O-])c1cc(Br)cnc1NCCc1ccco1. The first-order chi connectivity index (χ1) is 8.66. The quantitative estimate of drug-likeness (QED) is 0.678. The van der Waals surface area contributed by atoms with E-state index in [1.165, 1.54) is 12.3 Å². The number of anilines is 1. The van der Waals surface area contributed by atoms with Gasteiger partial charge < -0.3 is 9.73 Å². The van der Waals surface area contributed by atoms with Crippen LogP contribution in [0.3, 0.4) is 0 Å². The van der Waals surface area contributed by atoms with Crippen LogP contribution in [0, 0.1) is 10.1 Å². The van der Waals surface area contributed by atoms with Gasteiger partial charge in [-0.3, -0.25) is 10.1 Å². The van der Waals surface area contributed by atoms with Crippen LogP contribution in [0.1, 0.15) is 5.76 Å². The summed E-state index contributed by atoms with van der Waals surface area (Å²) in [6.07, 6.45) is 3.75. The Morgan fingerprint density at radius 3 is 3.06 bits per heavy atom. The molecule has 0 radical (unpaired) electrons. The second-order valence-corrected chi connectivity index (χ2v) is 4.45. The molecular weight excluding hydrogens is 302 g/mol. The van der Waals surface area contributed by atoms with Crippen LogP contribution >= 0.6 is 15.9 Å². The molecule has 6 nitrogen and oxygen atoms in total. The van der Waals surface area contributed by atoms with Gasteiger partial charge in [-0.2, -0.15) is 0 Å². The topological polar surface area (TPSA) is 81.2 Å². The van der Waals surface area contributed by atoms with Gasteiger partial charge in [-0.05, 0) is 28.1 Å². The van der Waals surface area contributed by atoms with Crippen molar-refractivity contribution in [3.8, 4) is 0 Å². The molecule has 18 heavy (non-hydrogen) atoms. The minimum atomic E-state index is -0.465. The lowest BCUT2D eigenvalue weighted by molar-refractivity contribution is -0.384. The molecule has 0 saturated carbocycles. The third kappa shape index (κ3) is 3.07. The van der Waals surface area contributed by atoms with Gasteiger partial charge in [-0.1, -0.05) is 0 Å². The molecule has 0 atom stereocenters. The zero-order chi connectivity index (χ0) is 13.0. The van der Waals surface area contributed by atoms with Gasteiger partial charge in [0.25, 0.3) is 0 Å². The number of nitrogens with one attached hydrogen (secondary N) is 1. The Kier molecular flexibility index (Phi) is 3.93. The average molecular weight is 312 g/mol. The summed E-state index contributed by atoms with van der Waals surface area (Å²) < 4.78 is 5.74. The predicted octanol–water partition coefficient (Wildman–Crippen LogP) is 3.00. The molecule has 2 aromatic heterocycles. The van der Waals surface area contributed by atoms with E-state index < -0.39 is 4.92 Å². The molecule has 0 aliphatic rings. The average Bonchev–Trinajstić information content (AvgIpc) is 2.84. The minimum absolute atomic E-state index is 0.0520. The monoisotopic (exact) mass is 311 g/mol. The number of nitro groups is 1. The number of halogens is 1. The van der Waals surface area contributed by atoms with E-state index in [1.807, 2.05) is 6.07 Å². The molecular formula is C11H10BrN3O3. The Morgan fingerprint density at radius 1 is 1.56 bits per heavy atom. The van der Waals surface area contributed by atoms with E-state index in [-0.39, 0.29) is 11.5 Å². The van der Waals surface area contributed by atoms with Crippen molar-refractivity contribution in [3.63, 3.8) is 0 Å². The van der Waals surface area contributed by atoms with E-state index in [9.17, 15) is 10.1 Å². The largest absolute Gasteiger partial charge is 0.469 e. The van der Waals surface area contributed by atoms with Crippen molar-refractivity contribution in [2.45, 2.75) is 6.42 Å². The first-order valence-electron chi connectivity index (χ1n) is 5.23. The summed E-state index contributed by atoms with van der Waals surface area (Å²) in [5.74, 6) is 1.08. The first-order valence-corrected chi connectivity index (χ1v) is 6.02. The normalized spacial score (nSPS) is 10.3. The highest BCUT2D eigenvalue weighted by Crippen LogP contribution is 2.25. The van der Waals surface area contributed by atoms with Crippen molar-refractivity contribution in [1.29, 1.82) is 0 Å². The van der Waals surface area contributed by atoms with Crippen LogP contribution in [0.25, 0.3) is 0 Å². The number of nitrogens with zero attached hydrogens (tertiary/aromatic N) is 2. The molecule has 2 rings (SSSR count). The Labute approximate surface area is 111 Å². The molecule has 0 aliphatic heterocycles. The number of pyridine rings is 1. The fourth-order valence-corrected chi connectivity index (χ4v) is 1.78. The van der Waals surface area contributed by atoms with Crippen molar-refractivity contribution in [2.24, 2.45) is 0 Å². The minimum Gasteiger partial charge on any atom is -0.469 e. The highest BCUT2D eigenvalue weighted by atomic mass is 79.9. The van der Waals surface area contributed by atoms with Crippen LogP contribution in [0.5, 0.6) is 0 Å². The molecule has 0 aliphatic carbocycles. The van der Waals surface area contributed by atoms with Gasteiger partial charge in [0.15, 0.2) is 0 Å². The highest BCUT2D eigenvalue weighted by Gasteiger charge is 2.15. The summed E-state index contributed by atoms with van der Waals surface area (Å²) >= 11 is 3.15. The zero-order valence-electron chi connectivity index (χ0n) is 9.30. The standard InChI is InChI=1S/C11H10BrN3O3/c12-8-6-10(15(16)17)11(14-7-8)13-4-3-9-2-1-5-18-9/h1-2,5-7H,3-4H2,(H,13,14). The number of aromatic nitrogens is 1. The Hall–Kier alpha value is -1.89. The molecule has 0 saturated heterocycles. The van der Waals surface area contributed by atoms with Gasteiger partial charge in [0, 0.05) is 29.7 Å². The van der Waals surface area contributed by atoms with Gasteiger partial charge in [0.2, 0.25) is 5.82 Å². The van der Waals surface area contributed by atoms with Crippen LogP contribution < -0.4 is 5.32 Å².